The molecule has 1 heterocycles. The molecule has 7 heteroatoms. The molecule has 0 aromatic heterocycles. The van der Waals surface area contributed by atoms with Crippen molar-refractivity contribution in [3.05, 3.63) is 0 Å². The molecule has 5 N–H and O–H groups in total. The summed E-state index contributed by atoms with van der Waals surface area (Å²) in [6.07, 6.45) is -7.13. The van der Waals surface area contributed by atoms with E-state index in [0.29, 0.717) is 0 Å². The maximum atomic E-state index is 10.7. The molecule has 0 saturated carbocycles. The van der Waals surface area contributed by atoms with Gasteiger partial charge in [0.25, 0.3) is 0 Å². The molecule has 7 nitrogen and oxygen atoms in total. The fourth-order valence-electron chi connectivity index (χ4n) is 1.25. The lowest BCUT2D eigenvalue weighted by Gasteiger charge is -2.42. The molecule has 2 unspecified atom stereocenters. The van der Waals surface area contributed by atoms with Crippen molar-refractivity contribution in [3.63, 3.8) is 0 Å². The smallest absolute Gasteiger partial charge is 0.338 e. The molecule has 82 valence electrons. The van der Waals surface area contributed by atoms with E-state index in [1.54, 1.807) is 0 Å². The fourth-order valence-corrected chi connectivity index (χ4v) is 1.25. The number of aliphatic carboxylic acids is 1. The van der Waals surface area contributed by atoms with Crippen molar-refractivity contribution in [1.82, 2.24) is 0 Å². The number of carboxylic acids is 1. The van der Waals surface area contributed by atoms with Crippen LogP contribution in [0.1, 0.15) is 6.92 Å². The van der Waals surface area contributed by atoms with Gasteiger partial charge in [0.2, 0.25) is 0 Å². The summed E-state index contributed by atoms with van der Waals surface area (Å²) in [7, 11) is 0. The van der Waals surface area contributed by atoms with Crippen LogP contribution in [0.3, 0.4) is 0 Å². The number of hydrogen-bond donors (Lipinski definition) is 5. The van der Waals surface area contributed by atoms with Crippen molar-refractivity contribution in [1.29, 1.82) is 0 Å². The van der Waals surface area contributed by atoms with Crippen molar-refractivity contribution >= 4 is 5.97 Å². The van der Waals surface area contributed by atoms with Crippen molar-refractivity contribution < 1.29 is 35.1 Å². The Morgan fingerprint density at radius 2 is 1.71 bits per heavy atom. The van der Waals surface area contributed by atoms with E-state index in [-0.39, 0.29) is 0 Å². The van der Waals surface area contributed by atoms with Crippen LogP contribution in [0, 0.1) is 0 Å². The molecule has 0 amide bonds. The first kappa shape index (κ1) is 11.3. The Morgan fingerprint density at radius 1 is 1.21 bits per heavy atom. The molecule has 0 spiro atoms. The summed E-state index contributed by atoms with van der Waals surface area (Å²) in [6, 6.07) is 0. The van der Waals surface area contributed by atoms with E-state index in [2.05, 4.69) is 4.74 Å². The average Bonchev–Trinajstić information content (AvgIpc) is 2.11. The summed E-state index contributed by atoms with van der Waals surface area (Å²) in [4.78, 5) is 10.7. The zero-order valence-corrected chi connectivity index (χ0v) is 7.36. The normalized spacial score (nSPS) is 48.9. The van der Waals surface area contributed by atoms with Gasteiger partial charge >= 0.3 is 5.97 Å². The highest BCUT2D eigenvalue weighted by Crippen LogP contribution is 2.28. The van der Waals surface area contributed by atoms with Crippen LogP contribution in [0.2, 0.25) is 0 Å². The molecule has 0 aromatic rings. The third kappa shape index (κ3) is 1.49. The molecule has 14 heavy (non-hydrogen) atoms. The van der Waals surface area contributed by atoms with E-state index < -0.39 is 36.2 Å². The lowest BCUT2D eigenvalue weighted by atomic mass is 9.88. The summed E-state index contributed by atoms with van der Waals surface area (Å²) in [5.74, 6) is -1.53. The van der Waals surface area contributed by atoms with Gasteiger partial charge in [0, 0.05) is 0 Å². The number of rotatable bonds is 1. The van der Waals surface area contributed by atoms with Crippen LogP contribution in [0.5, 0.6) is 0 Å². The maximum absolute atomic E-state index is 10.7. The fraction of sp³-hybridized carbons (Fsp3) is 0.857. The van der Waals surface area contributed by atoms with Crippen molar-refractivity contribution in [2.45, 2.75) is 37.1 Å². The Kier molecular flexibility index (Phi) is 2.79. The van der Waals surface area contributed by atoms with Gasteiger partial charge in [0.15, 0.2) is 11.9 Å². The molecular weight excluding hydrogens is 196 g/mol. The van der Waals surface area contributed by atoms with Crippen LogP contribution in [-0.2, 0) is 9.53 Å². The summed E-state index contributed by atoms with van der Waals surface area (Å²) in [5.41, 5.74) is -2.13. The number of aliphatic hydroxyl groups is 4. The number of ether oxygens (including phenoxy) is 1. The van der Waals surface area contributed by atoms with Crippen molar-refractivity contribution in [2.75, 3.05) is 0 Å². The van der Waals surface area contributed by atoms with E-state index in [1.807, 2.05) is 0 Å². The molecule has 1 fully saturated rings. The van der Waals surface area contributed by atoms with E-state index in [4.69, 9.17) is 15.3 Å². The van der Waals surface area contributed by atoms with Gasteiger partial charge in [0.1, 0.15) is 18.3 Å². The van der Waals surface area contributed by atoms with E-state index in [1.165, 1.54) is 0 Å². The predicted octanol–water partition coefficient (Wildman–Crippen LogP) is -2.74. The quantitative estimate of drug-likeness (QED) is 0.316. The second-order valence-electron chi connectivity index (χ2n) is 3.35. The third-order valence-electron chi connectivity index (χ3n) is 2.32. The zero-order chi connectivity index (χ0) is 11.1. The second kappa shape index (κ2) is 3.44. The number of hydrogen-bond acceptors (Lipinski definition) is 6. The standard InChI is InChI=1S/C7H12O7/c1-7(6(12)13)4(10)2(8)3(9)5(11)14-7/h2-5,8-11H,1H3,(H,12,13)/t2-,3?,4+,5-,7?/m0/s1. The number of carbonyl (C=O) groups is 1. The van der Waals surface area contributed by atoms with Crippen molar-refractivity contribution in [2.24, 2.45) is 0 Å². The highest BCUT2D eigenvalue weighted by atomic mass is 16.7. The Labute approximate surface area is 79.2 Å². The SMILES string of the molecule is CC1(C(=O)O)O[C@H](O)C(O)[C@H](O)[C@H]1O. The summed E-state index contributed by atoms with van der Waals surface area (Å²) in [6.45, 7) is 0.998. The van der Waals surface area contributed by atoms with Gasteiger partial charge in [-0.2, -0.15) is 0 Å². The van der Waals surface area contributed by atoms with Gasteiger partial charge < -0.3 is 30.3 Å². The highest BCUT2D eigenvalue weighted by Gasteiger charge is 2.55. The summed E-state index contributed by atoms with van der Waals surface area (Å²) < 4.78 is 4.53. The number of aliphatic hydroxyl groups excluding tert-OH is 4. The van der Waals surface area contributed by atoms with Crippen LogP contribution in [0.25, 0.3) is 0 Å². The lowest BCUT2D eigenvalue weighted by Crippen LogP contribution is -2.66. The Morgan fingerprint density at radius 3 is 2.14 bits per heavy atom. The van der Waals surface area contributed by atoms with Crippen LogP contribution < -0.4 is 0 Å². The molecule has 1 saturated heterocycles. The Bertz CT molecular complexity index is 242. The topological polar surface area (TPSA) is 127 Å². The van der Waals surface area contributed by atoms with Crippen LogP contribution in [0.4, 0.5) is 0 Å². The largest absolute Gasteiger partial charge is 0.479 e. The summed E-state index contributed by atoms with van der Waals surface area (Å²) in [5, 5.41) is 45.3. The molecule has 1 aliphatic heterocycles. The first-order valence-electron chi connectivity index (χ1n) is 3.94. The van der Waals surface area contributed by atoms with Gasteiger partial charge in [-0.05, 0) is 6.92 Å². The molecule has 0 bridgehead atoms. The van der Waals surface area contributed by atoms with Gasteiger partial charge in [-0.3, -0.25) is 0 Å². The molecular formula is C7H12O7. The molecule has 5 atom stereocenters. The lowest BCUT2D eigenvalue weighted by molar-refractivity contribution is -0.310. The monoisotopic (exact) mass is 208 g/mol. The molecule has 0 aliphatic carbocycles. The van der Waals surface area contributed by atoms with E-state index in [0.717, 1.165) is 6.92 Å². The van der Waals surface area contributed by atoms with Crippen molar-refractivity contribution in [3.8, 4) is 0 Å². The van der Waals surface area contributed by atoms with Gasteiger partial charge in [-0.25, -0.2) is 4.79 Å². The van der Waals surface area contributed by atoms with Gasteiger partial charge in [-0.15, -0.1) is 0 Å². The molecule has 0 aromatic carbocycles. The Balaban J connectivity index is 2.96. The zero-order valence-electron chi connectivity index (χ0n) is 7.36. The maximum Gasteiger partial charge on any atom is 0.338 e. The summed E-state index contributed by atoms with van der Waals surface area (Å²) >= 11 is 0. The molecule has 1 rings (SSSR count). The molecule has 1 aliphatic rings. The highest BCUT2D eigenvalue weighted by molar-refractivity contribution is 5.78. The van der Waals surface area contributed by atoms with Gasteiger partial charge in [-0.1, -0.05) is 0 Å². The third-order valence-corrected chi connectivity index (χ3v) is 2.32. The predicted molar refractivity (Wildman–Crippen MR) is 41.2 cm³/mol. The minimum atomic E-state index is -2.13. The Hall–Kier alpha value is -0.730. The van der Waals surface area contributed by atoms with E-state index >= 15 is 0 Å². The van der Waals surface area contributed by atoms with Gasteiger partial charge in [0.05, 0.1) is 0 Å². The first-order chi connectivity index (χ1) is 6.30. The minimum Gasteiger partial charge on any atom is -0.479 e. The van der Waals surface area contributed by atoms with Crippen LogP contribution in [-0.4, -0.2) is 61.7 Å². The average molecular weight is 208 g/mol. The number of carboxylic acid groups (broad SMARTS) is 1. The molecule has 0 radical (unpaired) electrons. The van der Waals surface area contributed by atoms with E-state index in [9.17, 15) is 15.0 Å². The second-order valence-corrected chi connectivity index (χ2v) is 3.35. The van der Waals surface area contributed by atoms with Crippen LogP contribution >= 0.6 is 0 Å². The van der Waals surface area contributed by atoms with Crippen LogP contribution in [0.15, 0.2) is 0 Å². The first-order valence-corrected chi connectivity index (χ1v) is 3.94. The minimum absolute atomic E-state index is 0.998.